The molecule has 0 heterocycles. The Morgan fingerprint density at radius 1 is 0.392 bits per heavy atom. The van der Waals surface area contributed by atoms with Crippen LogP contribution in [0, 0.1) is 0 Å². The minimum absolute atomic E-state index is 0.145. The third kappa shape index (κ3) is 61.9. The number of carboxylic acids is 1. The van der Waals surface area contributed by atoms with Gasteiger partial charge in [0.1, 0.15) is 13.2 Å². The van der Waals surface area contributed by atoms with Gasteiger partial charge in [-0.15, -0.1) is 0 Å². The van der Waals surface area contributed by atoms with E-state index in [0.29, 0.717) is 17.4 Å². The highest BCUT2D eigenvalue weighted by atomic mass is 16.7. The standard InChI is InChI=1S/C70H123NO8/c1-6-8-10-12-14-16-18-20-22-24-26-28-30-31-32-33-34-35-36-37-39-41-43-45-47-49-51-53-55-57-59-61-68(73)79-66(65-78-70(69(74)75)76-63-62-71(3,4)5)64-77-67(72)60-58-56-54-52-50-48-46-44-42-40-38-29-27-25-23-21-19-17-15-13-11-9-7-2/h8,10,14,16,19-22,25-28,31-32,66,70H,6-7,9,11-13,15,17-18,23-24,29-30,33-65H2,1-5H3/b10-8-,16-14-,21-19-,22-20-,27-25-,28-26-,32-31-. The molecule has 0 aromatic rings. The maximum absolute atomic E-state index is 12.9. The van der Waals surface area contributed by atoms with Gasteiger partial charge < -0.3 is 33.3 Å². The van der Waals surface area contributed by atoms with Gasteiger partial charge in [-0.1, -0.05) is 266 Å². The highest BCUT2D eigenvalue weighted by Gasteiger charge is 2.22. The van der Waals surface area contributed by atoms with Crippen LogP contribution in [0.4, 0.5) is 0 Å². The third-order valence-corrected chi connectivity index (χ3v) is 14.1. The normalized spacial score (nSPS) is 13.3. The Morgan fingerprint density at radius 2 is 0.722 bits per heavy atom. The number of quaternary nitrogens is 1. The number of allylic oxidation sites excluding steroid dienone is 14. The lowest BCUT2D eigenvalue weighted by Gasteiger charge is -2.26. The average Bonchev–Trinajstić information content (AvgIpc) is 3.42. The lowest BCUT2D eigenvalue weighted by molar-refractivity contribution is -0.870. The molecule has 0 rings (SSSR count). The number of carboxylic acid groups (broad SMARTS) is 1. The van der Waals surface area contributed by atoms with Crippen molar-refractivity contribution in [2.75, 3.05) is 47.5 Å². The molecule has 2 unspecified atom stereocenters. The van der Waals surface area contributed by atoms with Crippen molar-refractivity contribution < 1.29 is 42.9 Å². The molecule has 0 aliphatic carbocycles. The monoisotopic (exact) mass is 1110 g/mol. The molecule has 0 aliphatic rings. The summed E-state index contributed by atoms with van der Waals surface area (Å²) >= 11 is 0. The zero-order valence-electron chi connectivity index (χ0n) is 52.0. The van der Waals surface area contributed by atoms with Crippen LogP contribution < -0.4 is 5.11 Å². The summed E-state index contributed by atoms with van der Waals surface area (Å²) in [5.41, 5.74) is 0. The van der Waals surface area contributed by atoms with Crippen LogP contribution in [0.1, 0.15) is 284 Å². The van der Waals surface area contributed by atoms with Crippen molar-refractivity contribution in [1.29, 1.82) is 0 Å². The third-order valence-electron chi connectivity index (χ3n) is 14.1. The van der Waals surface area contributed by atoms with Gasteiger partial charge in [0.25, 0.3) is 0 Å². The Labute approximate surface area is 487 Å². The smallest absolute Gasteiger partial charge is 0.306 e. The van der Waals surface area contributed by atoms with E-state index in [1.807, 2.05) is 21.1 Å². The van der Waals surface area contributed by atoms with E-state index in [9.17, 15) is 19.5 Å². The molecule has 0 spiro atoms. The number of nitrogens with zero attached hydrogens (tertiary/aromatic N) is 1. The molecule has 79 heavy (non-hydrogen) atoms. The molecule has 456 valence electrons. The number of hydrogen-bond donors (Lipinski definition) is 0. The van der Waals surface area contributed by atoms with E-state index in [-0.39, 0.29) is 38.6 Å². The largest absolute Gasteiger partial charge is 0.545 e. The minimum atomic E-state index is -1.62. The number of aliphatic carboxylic acids is 1. The number of carbonyl (C=O) groups excluding carboxylic acids is 3. The minimum Gasteiger partial charge on any atom is -0.545 e. The number of ether oxygens (including phenoxy) is 4. The van der Waals surface area contributed by atoms with Crippen LogP contribution >= 0.6 is 0 Å². The molecule has 2 atom stereocenters. The molecule has 0 aromatic carbocycles. The second-order valence-electron chi connectivity index (χ2n) is 23.0. The average molecular weight is 1110 g/mol. The summed E-state index contributed by atoms with van der Waals surface area (Å²) in [5, 5.41) is 11.8. The summed E-state index contributed by atoms with van der Waals surface area (Å²) in [7, 11) is 5.93. The highest BCUT2D eigenvalue weighted by molar-refractivity contribution is 5.70. The fraction of sp³-hybridized carbons (Fsp3) is 0.757. The van der Waals surface area contributed by atoms with Crippen LogP contribution in [-0.4, -0.2) is 82.3 Å². The summed E-state index contributed by atoms with van der Waals surface area (Å²) in [5.74, 6) is -2.28. The first kappa shape index (κ1) is 75.5. The van der Waals surface area contributed by atoms with E-state index in [1.54, 1.807) is 0 Å². The summed E-state index contributed by atoms with van der Waals surface area (Å²) in [4.78, 5) is 37.4. The molecule has 0 radical (unpaired) electrons. The number of likely N-dealkylation sites (N-methyl/N-ethyl adjacent to an activating group) is 1. The summed E-state index contributed by atoms with van der Waals surface area (Å²) < 4.78 is 22.8. The zero-order valence-corrected chi connectivity index (χ0v) is 52.0. The molecule has 0 aromatic heterocycles. The van der Waals surface area contributed by atoms with Gasteiger partial charge in [0.05, 0.1) is 40.3 Å². The Bertz CT molecular complexity index is 1570. The second-order valence-corrected chi connectivity index (χ2v) is 23.0. The van der Waals surface area contributed by atoms with Crippen molar-refractivity contribution in [1.82, 2.24) is 0 Å². The van der Waals surface area contributed by atoms with Gasteiger partial charge in [-0.2, -0.15) is 0 Å². The van der Waals surface area contributed by atoms with E-state index < -0.39 is 24.3 Å². The molecule has 9 heteroatoms. The predicted octanol–water partition coefficient (Wildman–Crippen LogP) is 18.6. The molecule has 0 amide bonds. The van der Waals surface area contributed by atoms with Gasteiger partial charge >= 0.3 is 11.9 Å². The number of esters is 2. The van der Waals surface area contributed by atoms with Crippen LogP contribution in [0.25, 0.3) is 0 Å². The van der Waals surface area contributed by atoms with E-state index in [2.05, 4.69) is 98.9 Å². The van der Waals surface area contributed by atoms with Gasteiger partial charge in [-0.05, 0) is 89.9 Å². The van der Waals surface area contributed by atoms with Crippen LogP contribution in [-0.2, 0) is 33.3 Å². The summed E-state index contributed by atoms with van der Waals surface area (Å²) in [6, 6.07) is 0. The maximum atomic E-state index is 12.9. The molecule has 0 aliphatic heterocycles. The molecule has 0 saturated heterocycles. The molecule has 0 bridgehead atoms. The van der Waals surface area contributed by atoms with Gasteiger partial charge in [-0.25, -0.2) is 0 Å². The van der Waals surface area contributed by atoms with Crippen molar-refractivity contribution in [3.05, 3.63) is 85.1 Å². The lowest BCUT2D eigenvalue weighted by atomic mass is 10.0. The Kier molecular flexibility index (Phi) is 57.9. The van der Waals surface area contributed by atoms with Crippen LogP contribution in [0.3, 0.4) is 0 Å². The number of unbranched alkanes of at least 4 members (excludes halogenated alkanes) is 31. The quantitative estimate of drug-likeness (QED) is 0.0195. The first-order valence-corrected chi connectivity index (χ1v) is 32.7. The number of hydrogen-bond acceptors (Lipinski definition) is 8. The molecule has 9 nitrogen and oxygen atoms in total. The van der Waals surface area contributed by atoms with Gasteiger partial charge in [0, 0.05) is 12.8 Å². The first-order valence-electron chi connectivity index (χ1n) is 32.7. The van der Waals surface area contributed by atoms with Gasteiger partial charge in [0.15, 0.2) is 12.4 Å². The van der Waals surface area contributed by atoms with Crippen molar-refractivity contribution in [3.8, 4) is 0 Å². The fourth-order valence-electron chi connectivity index (χ4n) is 9.12. The van der Waals surface area contributed by atoms with Crippen molar-refractivity contribution in [2.45, 2.75) is 296 Å². The van der Waals surface area contributed by atoms with Crippen molar-refractivity contribution in [3.63, 3.8) is 0 Å². The Morgan fingerprint density at radius 3 is 1.08 bits per heavy atom. The summed E-state index contributed by atoms with van der Waals surface area (Å²) in [6.07, 6.45) is 77.9. The maximum Gasteiger partial charge on any atom is 0.306 e. The molecular weight excluding hydrogens is 983 g/mol. The Hall–Kier alpha value is -3.53. The van der Waals surface area contributed by atoms with Gasteiger partial charge in [0.2, 0.25) is 0 Å². The second kappa shape index (κ2) is 60.6. The summed E-state index contributed by atoms with van der Waals surface area (Å²) in [6.45, 7) is 4.65. The first-order chi connectivity index (χ1) is 38.6. The molecule has 0 saturated carbocycles. The number of rotatable bonds is 60. The highest BCUT2D eigenvalue weighted by Crippen LogP contribution is 2.17. The van der Waals surface area contributed by atoms with E-state index >= 15 is 0 Å². The van der Waals surface area contributed by atoms with Gasteiger partial charge in [-0.3, -0.25) is 9.59 Å². The van der Waals surface area contributed by atoms with E-state index in [1.165, 1.54) is 173 Å². The van der Waals surface area contributed by atoms with Crippen molar-refractivity contribution >= 4 is 17.9 Å². The zero-order chi connectivity index (χ0) is 57.6. The molecular formula is C70H123NO8. The lowest BCUT2D eigenvalue weighted by Crippen LogP contribution is -2.44. The van der Waals surface area contributed by atoms with E-state index in [4.69, 9.17) is 18.9 Å². The topological polar surface area (TPSA) is 111 Å². The van der Waals surface area contributed by atoms with Crippen LogP contribution in [0.15, 0.2) is 85.1 Å². The van der Waals surface area contributed by atoms with Crippen LogP contribution in [0.5, 0.6) is 0 Å². The molecule has 0 fully saturated rings. The van der Waals surface area contributed by atoms with Crippen LogP contribution in [0.2, 0.25) is 0 Å². The fourth-order valence-corrected chi connectivity index (χ4v) is 9.12. The molecule has 0 N–H and O–H groups in total. The number of carbonyl (C=O) groups is 3. The van der Waals surface area contributed by atoms with E-state index in [0.717, 1.165) is 77.0 Å². The van der Waals surface area contributed by atoms with Crippen molar-refractivity contribution in [2.24, 2.45) is 0 Å². The Balaban J connectivity index is 4.15. The predicted molar refractivity (Wildman–Crippen MR) is 334 cm³/mol. The SMILES string of the molecule is CC/C=C\C/C=C\C/C=C\C/C=C\C/C=C\CCCCCCCCCCCCCCCCCC(=O)OC(COC(=O)CCCCCCCCCCCCC/C=C\C/C=C\CCCCCCC)COC(OCC[N+](C)(C)C)C(=O)[O-].